The van der Waals surface area contributed by atoms with Gasteiger partial charge in [0.2, 0.25) is 5.91 Å². The third-order valence-electron chi connectivity index (χ3n) is 5.06. The third-order valence-corrected chi connectivity index (χ3v) is 5.06. The Morgan fingerprint density at radius 3 is 2.40 bits per heavy atom. The largest absolute Gasteiger partial charge is 0.497 e. The van der Waals surface area contributed by atoms with Crippen molar-refractivity contribution in [2.75, 3.05) is 12.4 Å². The zero-order valence-electron chi connectivity index (χ0n) is 17.5. The van der Waals surface area contributed by atoms with Gasteiger partial charge >= 0.3 is 0 Å². The average molecular weight is 399 g/mol. The fourth-order valence-corrected chi connectivity index (χ4v) is 3.75. The van der Waals surface area contributed by atoms with Crippen molar-refractivity contribution in [1.29, 1.82) is 0 Å². The molecule has 0 saturated heterocycles. The zero-order chi connectivity index (χ0) is 21.1. The van der Waals surface area contributed by atoms with Crippen molar-refractivity contribution in [1.82, 2.24) is 9.55 Å². The molecule has 30 heavy (non-hydrogen) atoms. The molecule has 3 aromatic carbocycles. The number of amides is 1. The molecule has 0 bridgehead atoms. The molecule has 1 heterocycles. The summed E-state index contributed by atoms with van der Waals surface area (Å²) >= 11 is 0. The van der Waals surface area contributed by atoms with E-state index in [1.54, 1.807) is 7.11 Å². The number of fused-ring (bicyclic) bond motifs is 1. The first-order chi connectivity index (χ1) is 14.5. The number of ether oxygens (including phenoxy) is 1. The molecule has 0 aliphatic rings. The third kappa shape index (κ3) is 4.35. The van der Waals surface area contributed by atoms with Crippen LogP contribution in [0.15, 0.2) is 66.7 Å². The molecule has 4 aromatic rings. The van der Waals surface area contributed by atoms with Crippen LogP contribution in [0.2, 0.25) is 0 Å². The molecule has 0 aliphatic carbocycles. The molecule has 152 valence electrons. The summed E-state index contributed by atoms with van der Waals surface area (Å²) in [5.74, 6) is 1.61. The Balaban J connectivity index is 1.61. The van der Waals surface area contributed by atoms with Gasteiger partial charge in [0.1, 0.15) is 18.1 Å². The Hall–Kier alpha value is -3.60. The number of hydrogen-bond acceptors (Lipinski definition) is 3. The topological polar surface area (TPSA) is 56.2 Å². The highest BCUT2D eigenvalue weighted by Crippen LogP contribution is 2.21. The van der Waals surface area contributed by atoms with Crippen LogP contribution < -0.4 is 10.1 Å². The maximum atomic E-state index is 12.9. The van der Waals surface area contributed by atoms with Gasteiger partial charge in [0.15, 0.2) is 0 Å². The van der Waals surface area contributed by atoms with E-state index in [1.165, 1.54) is 0 Å². The van der Waals surface area contributed by atoms with Gasteiger partial charge in [-0.1, -0.05) is 30.3 Å². The van der Waals surface area contributed by atoms with Gasteiger partial charge in [-0.2, -0.15) is 0 Å². The number of rotatable bonds is 6. The lowest BCUT2D eigenvalue weighted by molar-refractivity contribution is -0.116. The molecule has 0 fully saturated rings. The summed E-state index contributed by atoms with van der Waals surface area (Å²) in [5, 5.41) is 3.03. The van der Waals surface area contributed by atoms with E-state index in [9.17, 15) is 4.79 Å². The summed E-state index contributed by atoms with van der Waals surface area (Å²) in [5.41, 5.74) is 6.02. The van der Waals surface area contributed by atoms with Crippen LogP contribution >= 0.6 is 0 Å². The van der Waals surface area contributed by atoms with Gasteiger partial charge < -0.3 is 14.6 Å². The number of carbonyl (C=O) groups excluding carboxylic acids is 1. The minimum atomic E-state index is -0.0702. The lowest BCUT2D eigenvalue weighted by Crippen LogP contribution is -2.20. The van der Waals surface area contributed by atoms with E-state index in [0.717, 1.165) is 45.0 Å². The van der Waals surface area contributed by atoms with Crippen LogP contribution in [0.4, 0.5) is 5.69 Å². The highest BCUT2D eigenvalue weighted by Gasteiger charge is 2.14. The first kappa shape index (κ1) is 19.7. The molecule has 0 saturated carbocycles. The van der Waals surface area contributed by atoms with Gasteiger partial charge in [0, 0.05) is 12.1 Å². The molecule has 0 aliphatic heterocycles. The van der Waals surface area contributed by atoms with Crippen LogP contribution in [0.25, 0.3) is 11.0 Å². The maximum absolute atomic E-state index is 12.9. The quantitative estimate of drug-likeness (QED) is 0.502. The van der Waals surface area contributed by atoms with E-state index in [2.05, 4.69) is 11.4 Å². The lowest BCUT2D eigenvalue weighted by atomic mass is 10.1. The number of aromatic nitrogens is 2. The van der Waals surface area contributed by atoms with Crippen LogP contribution in [-0.2, 0) is 17.8 Å². The van der Waals surface area contributed by atoms with E-state index in [1.807, 2.05) is 79.1 Å². The van der Waals surface area contributed by atoms with Gasteiger partial charge in [0.25, 0.3) is 0 Å². The van der Waals surface area contributed by atoms with Crippen molar-refractivity contribution in [2.24, 2.45) is 0 Å². The van der Waals surface area contributed by atoms with Crippen molar-refractivity contribution >= 4 is 22.6 Å². The van der Waals surface area contributed by atoms with Crippen LogP contribution in [0.5, 0.6) is 5.75 Å². The standard InChI is InChI=1S/C25H25N3O2/c1-17-12-18(2)14-20(13-17)26-25(29)16-28-23-7-5-4-6-22(23)27-24(28)15-19-8-10-21(30-3)11-9-19/h4-14H,15-16H2,1-3H3,(H,26,29). The number of aryl methyl sites for hydroxylation is 2. The normalized spacial score (nSPS) is 10.9. The Bertz CT molecular complexity index is 1170. The van der Waals surface area contributed by atoms with Crippen molar-refractivity contribution in [3.05, 3.63) is 89.2 Å². The molecule has 0 atom stereocenters. The second kappa shape index (κ2) is 8.41. The Kier molecular flexibility index (Phi) is 5.53. The molecule has 5 heteroatoms. The number of nitrogens with zero attached hydrogens (tertiary/aromatic N) is 2. The summed E-state index contributed by atoms with van der Waals surface area (Å²) in [6, 6.07) is 21.9. The Morgan fingerprint density at radius 2 is 1.70 bits per heavy atom. The summed E-state index contributed by atoms with van der Waals surface area (Å²) in [4.78, 5) is 17.6. The molecule has 0 unspecified atom stereocenters. The fourth-order valence-electron chi connectivity index (χ4n) is 3.75. The molecule has 4 rings (SSSR count). The minimum absolute atomic E-state index is 0.0702. The Labute approximate surface area is 176 Å². The van der Waals surface area contributed by atoms with Gasteiger partial charge in [0.05, 0.1) is 18.1 Å². The number of benzene rings is 3. The second-order valence-corrected chi connectivity index (χ2v) is 7.55. The maximum Gasteiger partial charge on any atom is 0.244 e. The highest BCUT2D eigenvalue weighted by molar-refractivity contribution is 5.92. The monoisotopic (exact) mass is 399 g/mol. The SMILES string of the molecule is COc1ccc(Cc2nc3ccccc3n2CC(=O)Nc2cc(C)cc(C)c2)cc1. The number of methoxy groups -OCH3 is 1. The number of para-hydroxylation sites is 2. The summed E-state index contributed by atoms with van der Waals surface area (Å²) in [6.07, 6.45) is 0.634. The van der Waals surface area contributed by atoms with Gasteiger partial charge in [-0.3, -0.25) is 4.79 Å². The first-order valence-electron chi connectivity index (χ1n) is 9.97. The number of carbonyl (C=O) groups is 1. The van der Waals surface area contributed by atoms with E-state index < -0.39 is 0 Å². The van der Waals surface area contributed by atoms with E-state index in [0.29, 0.717) is 6.42 Å². The second-order valence-electron chi connectivity index (χ2n) is 7.55. The van der Waals surface area contributed by atoms with E-state index >= 15 is 0 Å². The zero-order valence-corrected chi connectivity index (χ0v) is 17.5. The van der Waals surface area contributed by atoms with Crippen molar-refractivity contribution in [3.63, 3.8) is 0 Å². The number of nitrogens with one attached hydrogen (secondary N) is 1. The number of imidazole rings is 1. The van der Waals surface area contributed by atoms with Crippen LogP contribution in [0.3, 0.4) is 0 Å². The Morgan fingerprint density at radius 1 is 1.00 bits per heavy atom. The van der Waals surface area contributed by atoms with Gasteiger partial charge in [-0.05, 0) is 66.9 Å². The average Bonchev–Trinajstić information content (AvgIpc) is 3.05. The molecule has 1 aromatic heterocycles. The minimum Gasteiger partial charge on any atom is -0.497 e. The number of hydrogen-bond donors (Lipinski definition) is 1. The predicted octanol–water partition coefficient (Wildman–Crippen LogP) is 4.89. The number of anilines is 1. The van der Waals surface area contributed by atoms with E-state index in [4.69, 9.17) is 9.72 Å². The molecular weight excluding hydrogens is 374 g/mol. The summed E-state index contributed by atoms with van der Waals surface area (Å²) < 4.78 is 7.24. The van der Waals surface area contributed by atoms with Crippen LogP contribution in [0, 0.1) is 13.8 Å². The fraction of sp³-hybridized carbons (Fsp3) is 0.200. The van der Waals surface area contributed by atoms with Crippen molar-refractivity contribution < 1.29 is 9.53 Å². The van der Waals surface area contributed by atoms with Gasteiger partial charge in [-0.15, -0.1) is 0 Å². The van der Waals surface area contributed by atoms with Crippen molar-refractivity contribution in [2.45, 2.75) is 26.8 Å². The molecule has 1 N–H and O–H groups in total. The molecule has 0 radical (unpaired) electrons. The van der Waals surface area contributed by atoms with Gasteiger partial charge in [-0.25, -0.2) is 4.98 Å². The molecule has 0 spiro atoms. The molecule has 5 nitrogen and oxygen atoms in total. The van der Waals surface area contributed by atoms with Crippen LogP contribution in [0.1, 0.15) is 22.5 Å². The first-order valence-corrected chi connectivity index (χ1v) is 9.97. The molecular formula is C25H25N3O2. The smallest absolute Gasteiger partial charge is 0.244 e. The summed E-state index contributed by atoms with van der Waals surface area (Å²) in [6.45, 7) is 4.26. The molecule has 1 amide bonds. The van der Waals surface area contributed by atoms with Crippen molar-refractivity contribution in [3.8, 4) is 5.75 Å². The van der Waals surface area contributed by atoms with E-state index in [-0.39, 0.29) is 12.5 Å². The summed E-state index contributed by atoms with van der Waals surface area (Å²) in [7, 11) is 1.66. The lowest BCUT2D eigenvalue weighted by Gasteiger charge is -2.11. The highest BCUT2D eigenvalue weighted by atomic mass is 16.5. The predicted molar refractivity (Wildman–Crippen MR) is 120 cm³/mol. The van der Waals surface area contributed by atoms with Crippen LogP contribution in [-0.4, -0.2) is 22.6 Å².